The summed E-state index contributed by atoms with van der Waals surface area (Å²) in [5, 5.41) is 7.03. The number of nitrogens with zero attached hydrogens (tertiary/aromatic N) is 4. The summed E-state index contributed by atoms with van der Waals surface area (Å²) in [6.07, 6.45) is 8.31. The van der Waals surface area contributed by atoms with Crippen molar-refractivity contribution in [2.24, 2.45) is 7.05 Å². The van der Waals surface area contributed by atoms with Crippen LogP contribution in [0, 0.1) is 0 Å². The van der Waals surface area contributed by atoms with Gasteiger partial charge in [0.05, 0.1) is 31.6 Å². The number of hydrogen-bond acceptors (Lipinski definition) is 5. The maximum Gasteiger partial charge on any atom is 0.238 e. The Morgan fingerprint density at radius 1 is 1.33 bits per heavy atom. The third kappa shape index (κ3) is 5.03. The lowest BCUT2D eigenvalue weighted by Gasteiger charge is -2.37. The fraction of sp³-hybridized carbons (Fsp3) is 0.765. The number of ether oxygens (including phenoxy) is 1. The van der Waals surface area contributed by atoms with Gasteiger partial charge in [-0.1, -0.05) is 6.42 Å². The molecular formula is C17H29N5O2. The smallest absolute Gasteiger partial charge is 0.238 e. The maximum atomic E-state index is 12.3. The second kappa shape index (κ2) is 8.60. The molecule has 2 aliphatic rings. The normalized spacial score (nSPS) is 23.3. The highest BCUT2D eigenvalue weighted by atomic mass is 16.5. The molecule has 24 heavy (non-hydrogen) atoms. The van der Waals surface area contributed by atoms with Gasteiger partial charge in [-0.05, 0) is 32.4 Å². The Bertz CT molecular complexity index is 527. The van der Waals surface area contributed by atoms with Gasteiger partial charge in [-0.3, -0.25) is 19.3 Å². The summed E-state index contributed by atoms with van der Waals surface area (Å²) in [5.74, 6) is 0.0567. The number of carbonyl (C=O) groups is 1. The molecule has 1 N–H and O–H groups in total. The maximum absolute atomic E-state index is 12.3. The van der Waals surface area contributed by atoms with Gasteiger partial charge >= 0.3 is 0 Å². The first-order chi connectivity index (χ1) is 11.7. The van der Waals surface area contributed by atoms with Crippen LogP contribution in [0.3, 0.4) is 0 Å². The van der Waals surface area contributed by atoms with Crippen LogP contribution in [-0.2, 0) is 16.6 Å². The van der Waals surface area contributed by atoms with Crippen LogP contribution in [0.2, 0.25) is 0 Å². The van der Waals surface area contributed by atoms with Gasteiger partial charge < -0.3 is 10.1 Å². The monoisotopic (exact) mass is 335 g/mol. The number of carbonyl (C=O) groups excluding carboxylic acids is 1. The first kappa shape index (κ1) is 17.4. The van der Waals surface area contributed by atoms with Crippen molar-refractivity contribution in [1.29, 1.82) is 0 Å². The van der Waals surface area contributed by atoms with E-state index in [-0.39, 0.29) is 5.91 Å². The molecule has 1 aromatic heterocycles. The average Bonchev–Trinajstić information content (AvgIpc) is 3.00. The quantitative estimate of drug-likeness (QED) is 0.838. The van der Waals surface area contributed by atoms with Gasteiger partial charge in [-0.25, -0.2) is 0 Å². The molecule has 0 saturated carbocycles. The Kier molecular flexibility index (Phi) is 6.23. The number of morpholine rings is 1. The molecule has 2 saturated heterocycles. The van der Waals surface area contributed by atoms with E-state index in [1.54, 1.807) is 10.9 Å². The number of hydrogen-bond donors (Lipinski definition) is 1. The molecule has 0 radical (unpaired) electrons. The molecule has 0 unspecified atom stereocenters. The van der Waals surface area contributed by atoms with Crippen molar-refractivity contribution in [2.75, 3.05) is 51.3 Å². The lowest BCUT2D eigenvalue weighted by molar-refractivity contribution is -0.118. The zero-order chi connectivity index (χ0) is 16.8. The lowest BCUT2D eigenvalue weighted by Crippen LogP contribution is -2.46. The van der Waals surface area contributed by atoms with Crippen LogP contribution < -0.4 is 5.32 Å². The highest BCUT2D eigenvalue weighted by Gasteiger charge is 2.25. The number of rotatable bonds is 6. The minimum absolute atomic E-state index is 0.0567. The fourth-order valence-electron chi connectivity index (χ4n) is 3.62. The third-order valence-electron chi connectivity index (χ3n) is 4.97. The van der Waals surface area contributed by atoms with Crippen molar-refractivity contribution in [2.45, 2.75) is 31.7 Å². The van der Waals surface area contributed by atoms with Crippen molar-refractivity contribution in [3.63, 3.8) is 0 Å². The molecule has 134 valence electrons. The Labute approximate surface area is 143 Å². The van der Waals surface area contributed by atoms with Crippen LogP contribution in [0.5, 0.6) is 0 Å². The molecular weight excluding hydrogens is 306 g/mol. The van der Waals surface area contributed by atoms with Crippen LogP contribution >= 0.6 is 0 Å². The van der Waals surface area contributed by atoms with E-state index >= 15 is 0 Å². The summed E-state index contributed by atoms with van der Waals surface area (Å²) in [6.45, 7) is 6.37. The number of likely N-dealkylation sites (tertiary alicyclic amines) is 1. The van der Waals surface area contributed by atoms with Crippen LogP contribution in [0.4, 0.5) is 5.69 Å². The van der Waals surface area contributed by atoms with Gasteiger partial charge in [-0.2, -0.15) is 5.10 Å². The minimum Gasteiger partial charge on any atom is -0.379 e. The van der Waals surface area contributed by atoms with Gasteiger partial charge in [0.2, 0.25) is 5.91 Å². The van der Waals surface area contributed by atoms with E-state index < -0.39 is 0 Å². The van der Waals surface area contributed by atoms with E-state index in [2.05, 4.69) is 20.2 Å². The summed E-state index contributed by atoms with van der Waals surface area (Å²) < 4.78 is 7.11. The van der Waals surface area contributed by atoms with E-state index in [4.69, 9.17) is 4.74 Å². The third-order valence-corrected chi connectivity index (χ3v) is 4.97. The largest absolute Gasteiger partial charge is 0.379 e. The number of aromatic nitrogens is 2. The van der Waals surface area contributed by atoms with E-state index in [9.17, 15) is 4.79 Å². The molecule has 0 aromatic carbocycles. The molecule has 1 atom stereocenters. The zero-order valence-electron chi connectivity index (χ0n) is 14.6. The van der Waals surface area contributed by atoms with Crippen LogP contribution in [0.25, 0.3) is 0 Å². The first-order valence-corrected chi connectivity index (χ1v) is 9.03. The number of nitrogens with one attached hydrogen (secondary N) is 1. The van der Waals surface area contributed by atoms with Crippen LogP contribution in [0.1, 0.15) is 25.7 Å². The Morgan fingerprint density at radius 2 is 2.17 bits per heavy atom. The lowest BCUT2D eigenvalue weighted by atomic mass is 9.99. The second-order valence-corrected chi connectivity index (χ2v) is 6.81. The van der Waals surface area contributed by atoms with Gasteiger partial charge in [0, 0.05) is 32.4 Å². The van der Waals surface area contributed by atoms with Crippen molar-refractivity contribution in [3.05, 3.63) is 12.4 Å². The predicted octanol–water partition coefficient (Wildman–Crippen LogP) is 0.935. The molecule has 0 spiro atoms. The molecule has 1 amide bonds. The summed E-state index contributed by atoms with van der Waals surface area (Å²) in [5.41, 5.74) is 0.768. The summed E-state index contributed by atoms with van der Waals surface area (Å²) in [4.78, 5) is 17.2. The van der Waals surface area contributed by atoms with Gasteiger partial charge in [0.25, 0.3) is 0 Å². The van der Waals surface area contributed by atoms with E-state index in [0.717, 1.165) is 51.5 Å². The summed E-state index contributed by atoms with van der Waals surface area (Å²) >= 11 is 0. The summed E-state index contributed by atoms with van der Waals surface area (Å²) in [6, 6.07) is 0.515. The molecule has 7 nitrogen and oxygen atoms in total. The predicted molar refractivity (Wildman–Crippen MR) is 92.9 cm³/mol. The molecule has 3 rings (SSSR count). The standard InChI is InChI=1S/C17H29N5O2/c1-20-13-15(12-18-20)19-17(23)14-22-6-3-2-4-16(22)5-7-21-8-10-24-11-9-21/h12-13,16H,2-11,14H2,1H3,(H,19,23)/t16-/m0/s1. The Balaban J connectivity index is 1.47. The summed E-state index contributed by atoms with van der Waals surface area (Å²) in [7, 11) is 1.85. The van der Waals surface area contributed by atoms with Crippen LogP contribution in [-0.4, -0.2) is 77.5 Å². The van der Waals surface area contributed by atoms with Crippen molar-refractivity contribution < 1.29 is 9.53 Å². The fourth-order valence-corrected chi connectivity index (χ4v) is 3.62. The SMILES string of the molecule is Cn1cc(NC(=O)CN2CCCC[C@H]2CCN2CCOCC2)cn1. The molecule has 0 bridgehead atoms. The average molecular weight is 335 g/mol. The number of aryl methyl sites for hydroxylation is 1. The van der Waals surface area contributed by atoms with Crippen LogP contribution in [0.15, 0.2) is 12.4 Å². The van der Waals surface area contributed by atoms with Crippen molar-refractivity contribution in [3.8, 4) is 0 Å². The molecule has 2 fully saturated rings. The van der Waals surface area contributed by atoms with Crippen molar-refractivity contribution in [1.82, 2.24) is 19.6 Å². The molecule has 2 aliphatic heterocycles. The van der Waals surface area contributed by atoms with Gasteiger partial charge in [0.15, 0.2) is 0 Å². The molecule has 7 heteroatoms. The highest BCUT2D eigenvalue weighted by Crippen LogP contribution is 2.20. The minimum atomic E-state index is 0.0567. The molecule has 3 heterocycles. The van der Waals surface area contributed by atoms with Gasteiger partial charge in [-0.15, -0.1) is 0 Å². The number of piperidine rings is 1. The van der Waals surface area contributed by atoms with E-state index in [1.165, 1.54) is 19.3 Å². The Hall–Kier alpha value is -1.44. The zero-order valence-corrected chi connectivity index (χ0v) is 14.6. The first-order valence-electron chi connectivity index (χ1n) is 9.03. The highest BCUT2D eigenvalue weighted by molar-refractivity contribution is 5.92. The second-order valence-electron chi connectivity index (χ2n) is 6.81. The van der Waals surface area contributed by atoms with Gasteiger partial charge in [0.1, 0.15) is 0 Å². The van der Waals surface area contributed by atoms with Crippen molar-refractivity contribution >= 4 is 11.6 Å². The number of amides is 1. The molecule has 1 aromatic rings. The van der Waals surface area contributed by atoms with E-state index in [1.807, 2.05) is 13.2 Å². The number of anilines is 1. The van der Waals surface area contributed by atoms with E-state index in [0.29, 0.717) is 12.6 Å². The Morgan fingerprint density at radius 3 is 2.92 bits per heavy atom. The molecule has 0 aliphatic carbocycles. The topological polar surface area (TPSA) is 62.6 Å².